The Labute approximate surface area is 178 Å². The van der Waals surface area contributed by atoms with Gasteiger partial charge in [-0.05, 0) is 75.5 Å². The lowest BCUT2D eigenvalue weighted by Gasteiger charge is -2.44. The Kier molecular flexibility index (Phi) is 7.20. The maximum atomic E-state index is 14.4. The molecule has 1 fully saturated rings. The summed E-state index contributed by atoms with van der Waals surface area (Å²) in [5.41, 5.74) is 0.716. The molecule has 2 aromatic carbocycles. The van der Waals surface area contributed by atoms with Gasteiger partial charge in [0.2, 0.25) is 0 Å². The Morgan fingerprint density at radius 2 is 2.00 bits per heavy atom. The minimum Gasteiger partial charge on any atom is -0.497 e. The Balaban J connectivity index is 1.77. The highest BCUT2D eigenvalue weighted by molar-refractivity contribution is 6.31. The molecule has 0 saturated heterocycles. The first-order valence-electron chi connectivity index (χ1n) is 10.2. The van der Waals surface area contributed by atoms with Crippen molar-refractivity contribution in [1.82, 2.24) is 4.90 Å². The summed E-state index contributed by atoms with van der Waals surface area (Å²) in [6.07, 6.45) is 3.66. The van der Waals surface area contributed by atoms with Crippen molar-refractivity contribution in [3.63, 3.8) is 0 Å². The fraction of sp³-hybridized carbons (Fsp3) is 0.500. The molecule has 3 unspecified atom stereocenters. The van der Waals surface area contributed by atoms with Crippen LogP contribution in [0, 0.1) is 17.7 Å². The van der Waals surface area contributed by atoms with Gasteiger partial charge in [-0.25, -0.2) is 4.39 Å². The third kappa shape index (κ3) is 5.50. The lowest BCUT2D eigenvalue weighted by atomic mass is 9.67. The predicted molar refractivity (Wildman–Crippen MR) is 116 cm³/mol. The van der Waals surface area contributed by atoms with E-state index >= 15 is 0 Å². The zero-order chi connectivity index (χ0) is 21.0. The molecule has 1 N–H and O–H groups in total. The van der Waals surface area contributed by atoms with E-state index in [1.54, 1.807) is 19.2 Å². The average Bonchev–Trinajstić information content (AvgIpc) is 2.68. The van der Waals surface area contributed by atoms with Crippen LogP contribution >= 0.6 is 11.6 Å². The van der Waals surface area contributed by atoms with Gasteiger partial charge in [0.1, 0.15) is 11.6 Å². The molecule has 0 amide bonds. The smallest absolute Gasteiger partial charge is 0.127 e. The van der Waals surface area contributed by atoms with Crippen LogP contribution < -0.4 is 4.74 Å². The topological polar surface area (TPSA) is 32.7 Å². The second-order valence-corrected chi connectivity index (χ2v) is 9.04. The molecule has 29 heavy (non-hydrogen) atoms. The zero-order valence-corrected chi connectivity index (χ0v) is 18.3. The molecule has 0 heterocycles. The first-order chi connectivity index (χ1) is 13.8. The van der Waals surface area contributed by atoms with E-state index < -0.39 is 5.60 Å². The standard InChI is InChI=1S/C24H31ClFNO2/c1-27(2)16-19-13-18(12-17-6-4-7-20(14-17)29-3)10-11-24(19,28)15-21-22(25)8-5-9-23(21)26/h4-9,14,18-19,28H,10-13,15-16H2,1-3H3. The molecular formula is C24H31ClFNO2. The second-order valence-electron chi connectivity index (χ2n) is 8.64. The van der Waals surface area contributed by atoms with E-state index in [0.29, 0.717) is 22.9 Å². The Hall–Kier alpha value is -1.62. The molecule has 3 nitrogen and oxygen atoms in total. The fourth-order valence-electron chi connectivity index (χ4n) is 4.64. The second kappa shape index (κ2) is 9.46. The van der Waals surface area contributed by atoms with Gasteiger partial charge in [-0.15, -0.1) is 0 Å². The van der Waals surface area contributed by atoms with Crippen LogP contribution in [0.1, 0.15) is 30.4 Å². The van der Waals surface area contributed by atoms with Gasteiger partial charge in [0.15, 0.2) is 0 Å². The minimum atomic E-state index is -0.957. The highest BCUT2D eigenvalue weighted by atomic mass is 35.5. The Morgan fingerprint density at radius 3 is 2.69 bits per heavy atom. The van der Waals surface area contributed by atoms with E-state index in [1.807, 2.05) is 26.2 Å². The minimum absolute atomic E-state index is 0.0533. The average molecular weight is 420 g/mol. The third-order valence-electron chi connectivity index (χ3n) is 6.15. The van der Waals surface area contributed by atoms with Gasteiger partial charge in [-0.1, -0.05) is 29.8 Å². The van der Waals surface area contributed by atoms with Crippen molar-refractivity contribution < 1.29 is 14.2 Å². The normalized spacial score (nSPS) is 24.7. The van der Waals surface area contributed by atoms with E-state index in [-0.39, 0.29) is 18.2 Å². The van der Waals surface area contributed by atoms with E-state index in [0.717, 1.165) is 31.6 Å². The van der Waals surface area contributed by atoms with Crippen LogP contribution in [0.4, 0.5) is 4.39 Å². The van der Waals surface area contributed by atoms with E-state index in [1.165, 1.54) is 11.6 Å². The van der Waals surface area contributed by atoms with Crippen LogP contribution in [0.15, 0.2) is 42.5 Å². The van der Waals surface area contributed by atoms with Crippen LogP contribution in [0.25, 0.3) is 0 Å². The van der Waals surface area contributed by atoms with Crippen LogP contribution in [0.5, 0.6) is 5.75 Å². The number of methoxy groups -OCH3 is 1. The molecule has 5 heteroatoms. The largest absolute Gasteiger partial charge is 0.497 e. The lowest BCUT2D eigenvalue weighted by Crippen LogP contribution is -2.49. The van der Waals surface area contributed by atoms with Gasteiger partial charge < -0.3 is 14.7 Å². The summed E-state index contributed by atoms with van der Waals surface area (Å²) in [6.45, 7) is 0.761. The first-order valence-corrected chi connectivity index (χ1v) is 10.6. The van der Waals surface area contributed by atoms with Crippen molar-refractivity contribution in [2.24, 2.45) is 11.8 Å². The summed E-state index contributed by atoms with van der Waals surface area (Å²) >= 11 is 6.26. The molecule has 0 bridgehead atoms. The van der Waals surface area contributed by atoms with Crippen LogP contribution in [-0.4, -0.2) is 43.4 Å². The van der Waals surface area contributed by atoms with Crippen LogP contribution in [0.3, 0.4) is 0 Å². The van der Waals surface area contributed by atoms with Crippen LogP contribution in [0.2, 0.25) is 5.02 Å². The van der Waals surface area contributed by atoms with Crippen molar-refractivity contribution in [2.45, 2.75) is 37.7 Å². The third-order valence-corrected chi connectivity index (χ3v) is 6.51. The van der Waals surface area contributed by atoms with Gasteiger partial charge in [0, 0.05) is 29.5 Å². The Bertz CT molecular complexity index is 808. The van der Waals surface area contributed by atoms with Gasteiger partial charge in [-0.2, -0.15) is 0 Å². The SMILES string of the molecule is COc1cccc(CC2CCC(O)(Cc3c(F)cccc3Cl)C(CN(C)C)C2)c1. The molecule has 2 aromatic rings. The Morgan fingerprint density at radius 1 is 1.24 bits per heavy atom. The summed E-state index contributed by atoms with van der Waals surface area (Å²) in [5, 5.41) is 12.0. The molecule has 0 radical (unpaired) electrons. The van der Waals surface area contributed by atoms with Crippen molar-refractivity contribution in [2.75, 3.05) is 27.7 Å². The van der Waals surface area contributed by atoms with Crippen molar-refractivity contribution >= 4 is 11.6 Å². The number of benzene rings is 2. The van der Waals surface area contributed by atoms with E-state index in [4.69, 9.17) is 16.3 Å². The predicted octanol–water partition coefficient (Wildman–Crippen LogP) is 4.98. The highest BCUT2D eigenvalue weighted by Crippen LogP contribution is 2.42. The summed E-state index contributed by atoms with van der Waals surface area (Å²) in [6, 6.07) is 12.9. The molecular weight excluding hydrogens is 389 g/mol. The molecule has 158 valence electrons. The number of rotatable bonds is 7. The van der Waals surface area contributed by atoms with Gasteiger partial charge in [0.25, 0.3) is 0 Å². The first kappa shape index (κ1) is 22.1. The number of hydrogen-bond acceptors (Lipinski definition) is 3. The number of halogens is 2. The van der Waals surface area contributed by atoms with Crippen molar-refractivity contribution in [3.05, 3.63) is 64.4 Å². The summed E-state index contributed by atoms with van der Waals surface area (Å²) in [5.74, 6) is 1.06. The molecule has 3 atom stereocenters. The monoisotopic (exact) mass is 419 g/mol. The van der Waals surface area contributed by atoms with Gasteiger partial charge >= 0.3 is 0 Å². The number of nitrogens with zero attached hydrogens (tertiary/aromatic N) is 1. The summed E-state index contributed by atoms with van der Waals surface area (Å²) in [7, 11) is 5.71. The maximum Gasteiger partial charge on any atom is 0.127 e. The molecule has 0 spiro atoms. The summed E-state index contributed by atoms with van der Waals surface area (Å²) < 4.78 is 19.7. The van der Waals surface area contributed by atoms with Gasteiger partial charge in [-0.3, -0.25) is 0 Å². The number of hydrogen-bond donors (Lipinski definition) is 1. The van der Waals surface area contributed by atoms with Crippen molar-refractivity contribution in [1.29, 1.82) is 0 Å². The fourth-order valence-corrected chi connectivity index (χ4v) is 4.87. The molecule has 0 aliphatic heterocycles. The number of aliphatic hydroxyl groups is 1. The summed E-state index contributed by atoms with van der Waals surface area (Å²) in [4.78, 5) is 2.10. The molecule has 1 aliphatic carbocycles. The number of ether oxygens (including phenoxy) is 1. The van der Waals surface area contributed by atoms with E-state index in [9.17, 15) is 9.50 Å². The van der Waals surface area contributed by atoms with Crippen molar-refractivity contribution in [3.8, 4) is 5.75 Å². The molecule has 1 saturated carbocycles. The molecule has 3 rings (SSSR count). The van der Waals surface area contributed by atoms with E-state index in [2.05, 4.69) is 17.0 Å². The quantitative estimate of drug-likeness (QED) is 0.686. The maximum absolute atomic E-state index is 14.4. The lowest BCUT2D eigenvalue weighted by molar-refractivity contribution is -0.0690. The highest BCUT2D eigenvalue weighted by Gasteiger charge is 2.43. The molecule has 0 aromatic heterocycles. The molecule has 1 aliphatic rings. The van der Waals surface area contributed by atoms with Crippen LogP contribution in [-0.2, 0) is 12.8 Å². The zero-order valence-electron chi connectivity index (χ0n) is 17.5. The van der Waals surface area contributed by atoms with Gasteiger partial charge in [0.05, 0.1) is 12.7 Å².